The van der Waals surface area contributed by atoms with Gasteiger partial charge in [0.25, 0.3) is 0 Å². The molecule has 1 aliphatic rings. The highest BCUT2D eigenvalue weighted by molar-refractivity contribution is 6.36. The third-order valence-electron chi connectivity index (χ3n) is 2.03. The number of ketones is 1. The first-order valence-electron chi connectivity index (χ1n) is 4.04. The van der Waals surface area contributed by atoms with Crippen molar-refractivity contribution in [1.29, 1.82) is 0 Å². The van der Waals surface area contributed by atoms with Crippen LogP contribution in [0.5, 0.6) is 0 Å². The number of carbonyl (C=O) groups excluding carboxylic acids is 1. The lowest BCUT2D eigenvalue weighted by molar-refractivity contribution is 0.0967. The van der Waals surface area contributed by atoms with Crippen LogP contribution in [0.4, 0.5) is 0 Å². The molecular formula is C9H7Cl2NO. The minimum atomic E-state index is 0.0918. The monoisotopic (exact) mass is 215 g/mol. The van der Waals surface area contributed by atoms with Crippen molar-refractivity contribution < 1.29 is 4.79 Å². The molecule has 0 amide bonds. The molecule has 0 saturated heterocycles. The average molecular weight is 216 g/mol. The van der Waals surface area contributed by atoms with Gasteiger partial charge in [-0.15, -0.1) is 0 Å². The molecule has 0 spiro atoms. The zero-order valence-electron chi connectivity index (χ0n) is 6.76. The maximum Gasteiger partial charge on any atom is 0.168 e. The zero-order chi connectivity index (χ0) is 9.42. The molecule has 1 heterocycles. The fraction of sp³-hybridized carbons (Fsp3) is 0.333. The van der Waals surface area contributed by atoms with Gasteiger partial charge in [-0.25, -0.2) is 4.98 Å². The van der Waals surface area contributed by atoms with E-state index in [9.17, 15) is 4.79 Å². The molecule has 0 unspecified atom stereocenters. The van der Waals surface area contributed by atoms with Crippen LogP contribution in [0.2, 0.25) is 10.2 Å². The summed E-state index contributed by atoms with van der Waals surface area (Å²) in [7, 11) is 0. The van der Waals surface area contributed by atoms with Gasteiger partial charge in [0.2, 0.25) is 0 Å². The van der Waals surface area contributed by atoms with Gasteiger partial charge in [-0.2, -0.15) is 0 Å². The maximum atomic E-state index is 11.6. The van der Waals surface area contributed by atoms with E-state index >= 15 is 0 Å². The molecule has 1 fully saturated rings. The first kappa shape index (κ1) is 8.97. The van der Waals surface area contributed by atoms with Crippen molar-refractivity contribution in [3.8, 4) is 0 Å². The number of pyridine rings is 1. The van der Waals surface area contributed by atoms with Gasteiger partial charge >= 0.3 is 0 Å². The average Bonchev–Trinajstić information content (AvgIpc) is 2.85. The number of Topliss-reactive ketones (excluding diaryl/α,β-unsaturated/α-hetero) is 1. The van der Waals surface area contributed by atoms with Crippen LogP contribution in [0, 0.1) is 5.92 Å². The molecule has 1 aliphatic carbocycles. The molecule has 0 aliphatic heterocycles. The van der Waals surface area contributed by atoms with Crippen LogP contribution in [0.1, 0.15) is 23.2 Å². The standard InChI is InChI=1S/C9H7Cl2NO/c10-7-3-8(11)12-4-6(7)9(13)5-1-2-5/h3-5H,1-2H2. The molecule has 1 aromatic heterocycles. The van der Waals surface area contributed by atoms with Crippen molar-refractivity contribution >= 4 is 29.0 Å². The first-order valence-corrected chi connectivity index (χ1v) is 4.79. The number of halogens is 2. The minimum Gasteiger partial charge on any atom is -0.294 e. The molecular weight excluding hydrogens is 209 g/mol. The van der Waals surface area contributed by atoms with Gasteiger partial charge in [-0.3, -0.25) is 4.79 Å². The molecule has 4 heteroatoms. The predicted molar refractivity (Wildman–Crippen MR) is 51.3 cm³/mol. The number of nitrogens with zero attached hydrogens (tertiary/aromatic N) is 1. The molecule has 0 atom stereocenters. The van der Waals surface area contributed by atoms with Crippen molar-refractivity contribution in [3.63, 3.8) is 0 Å². The van der Waals surface area contributed by atoms with Crippen LogP contribution in [0.25, 0.3) is 0 Å². The fourth-order valence-electron chi connectivity index (χ4n) is 1.15. The van der Waals surface area contributed by atoms with Crippen LogP contribution in [-0.2, 0) is 0 Å². The lowest BCUT2D eigenvalue weighted by atomic mass is 10.1. The quantitative estimate of drug-likeness (QED) is 0.561. The van der Waals surface area contributed by atoms with Crippen LogP contribution >= 0.6 is 23.2 Å². The third kappa shape index (κ3) is 1.84. The fourth-order valence-corrected chi connectivity index (χ4v) is 1.61. The molecule has 0 bridgehead atoms. The molecule has 0 aromatic carbocycles. The summed E-state index contributed by atoms with van der Waals surface area (Å²) in [5.41, 5.74) is 0.494. The summed E-state index contributed by atoms with van der Waals surface area (Å²) in [6, 6.07) is 1.50. The van der Waals surface area contributed by atoms with E-state index in [-0.39, 0.29) is 11.7 Å². The van der Waals surface area contributed by atoms with E-state index in [1.165, 1.54) is 12.3 Å². The molecule has 0 N–H and O–H groups in total. The Bertz CT molecular complexity index is 361. The molecule has 1 aromatic rings. The summed E-state index contributed by atoms with van der Waals surface area (Å²) in [5.74, 6) is 0.259. The Morgan fingerprint density at radius 3 is 2.69 bits per heavy atom. The third-order valence-corrected chi connectivity index (χ3v) is 2.55. The summed E-state index contributed by atoms with van der Waals surface area (Å²) in [5, 5.41) is 0.717. The van der Waals surface area contributed by atoms with E-state index < -0.39 is 0 Å². The molecule has 13 heavy (non-hydrogen) atoms. The first-order chi connectivity index (χ1) is 6.18. The highest BCUT2D eigenvalue weighted by Crippen LogP contribution is 2.34. The summed E-state index contributed by atoms with van der Waals surface area (Å²) >= 11 is 11.5. The highest BCUT2D eigenvalue weighted by Gasteiger charge is 2.31. The number of rotatable bonds is 2. The largest absolute Gasteiger partial charge is 0.294 e. The molecule has 1 saturated carbocycles. The summed E-state index contributed by atoms with van der Waals surface area (Å²) < 4.78 is 0. The van der Waals surface area contributed by atoms with Gasteiger partial charge in [-0.05, 0) is 18.9 Å². The molecule has 0 radical (unpaired) electrons. The summed E-state index contributed by atoms with van der Waals surface area (Å²) in [6.45, 7) is 0. The van der Waals surface area contributed by atoms with Crippen molar-refractivity contribution in [3.05, 3.63) is 28.0 Å². The predicted octanol–water partition coefficient (Wildman–Crippen LogP) is 2.98. The van der Waals surface area contributed by atoms with Gasteiger partial charge in [0, 0.05) is 12.1 Å². The second kappa shape index (κ2) is 3.28. The SMILES string of the molecule is O=C(c1cnc(Cl)cc1Cl)C1CC1. The second-order valence-corrected chi connectivity index (χ2v) is 3.92. The Labute approximate surface area is 85.9 Å². The van der Waals surface area contributed by atoms with Gasteiger partial charge in [0.15, 0.2) is 5.78 Å². The Balaban J connectivity index is 2.33. The zero-order valence-corrected chi connectivity index (χ0v) is 8.27. The van der Waals surface area contributed by atoms with Crippen molar-refractivity contribution in [2.75, 3.05) is 0 Å². The summed E-state index contributed by atoms with van der Waals surface area (Å²) in [6.07, 6.45) is 3.39. The van der Waals surface area contributed by atoms with Gasteiger partial charge in [0.1, 0.15) is 5.15 Å². The number of hydrogen-bond donors (Lipinski definition) is 0. The Kier molecular flexibility index (Phi) is 2.26. The number of aromatic nitrogens is 1. The second-order valence-electron chi connectivity index (χ2n) is 3.13. The van der Waals surface area contributed by atoms with E-state index in [0.717, 1.165) is 12.8 Å². The lowest BCUT2D eigenvalue weighted by Crippen LogP contribution is -2.02. The topological polar surface area (TPSA) is 30.0 Å². The smallest absolute Gasteiger partial charge is 0.168 e. The van der Waals surface area contributed by atoms with Crippen LogP contribution in [-0.4, -0.2) is 10.8 Å². The lowest BCUT2D eigenvalue weighted by Gasteiger charge is -2.00. The Hall–Kier alpha value is -0.600. The van der Waals surface area contributed by atoms with Crippen LogP contribution in [0.3, 0.4) is 0 Å². The Morgan fingerprint density at radius 1 is 1.46 bits per heavy atom. The van der Waals surface area contributed by atoms with E-state index in [2.05, 4.69) is 4.98 Å². The van der Waals surface area contributed by atoms with Gasteiger partial charge < -0.3 is 0 Å². The van der Waals surface area contributed by atoms with Gasteiger partial charge in [-0.1, -0.05) is 23.2 Å². The number of carbonyl (C=O) groups is 1. The normalized spacial score (nSPS) is 15.8. The van der Waals surface area contributed by atoms with Crippen molar-refractivity contribution in [2.45, 2.75) is 12.8 Å². The molecule has 68 valence electrons. The number of hydrogen-bond acceptors (Lipinski definition) is 2. The minimum absolute atomic E-state index is 0.0918. The maximum absolute atomic E-state index is 11.6. The van der Waals surface area contributed by atoms with Crippen molar-refractivity contribution in [1.82, 2.24) is 4.98 Å². The summed E-state index contributed by atoms with van der Waals surface area (Å²) in [4.78, 5) is 15.4. The van der Waals surface area contributed by atoms with Crippen LogP contribution < -0.4 is 0 Å². The van der Waals surface area contributed by atoms with Crippen LogP contribution in [0.15, 0.2) is 12.3 Å². The van der Waals surface area contributed by atoms with E-state index in [0.29, 0.717) is 15.7 Å². The van der Waals surface area contributed by atoms with E-state index in [1.54, 1.807) is 0 Å². The van der Waals surface area contributed by atoms with E-state index in [4.69, 9.17) is 23.2 Å². The molecule has 2 nitrogen and oxygen atoms in total. The van der Waals surface area contributed by atoms with E-state index in [1.807, 2.05) is 0 Å². The molecule has 2 rings (SSSR count). The van der Waals surface area contributed by atoms with Gasteiger partial charge in [0.05, 0.1) is 10.6 Å². The highest BCUT2D eigenvalue weighted by atomic mass is 35.5. The van der Waals surface area contributed by atoms with Crippen molar-refractivity contribution in [2.24, 2.45) is 5.92 Å². The Morgan fingerprint density at radius 2 is 2.15 bits per heavy atom.